The van der Waals surface area contributed by atoms with E-state index in [1.807, 2.05) is 59.6 Å². The summed E-state index contributed by atoms with van der Waals surface area (Å²) < 4.78 is 24.3. The van der Waals surface area contributed by atoms with Gasteiger partial charge in [-0.3, -0.25) is 5.01 Å². The fourth-order valence-electron chi connectivity index (χ4n) is 4.11. The highest BCUT2D eigenvalue weighted by molar-refractivity contribution is 7.91. The number of para-hydroxylation sites is 1. The van der Waals surface area contributed by atoms with E-state index in [-0.39, 0.29) is 17.5 Å². The lowest BCUT2D eigenvalue weighted by Crippen LogP contribution is -2.33. The Morgan fingerprint density at radius 3 is 1.82 bits per heavy atom. The second-order valence-corrected chi connectivity index (χ2v) is 9.51. The molecule has 2 aliphatic rings. The van der Waals surface area contributed by atoms with Crippen molar-refractivity contribution in [3.05, 3.63) is 90.0 Å². The van der Waals surface area contributed by atoms with Crippen LogP contribution >= 0.6 is 0 Å². The van der Waals surface area contributed by atoms with Crippen LogP contribution in [0.15, 0.2) is 84.0 Å². The van der Waals surface area contributed by atoms with E-state index in [1.54, 1.807) is 0 Å². The second kappa shape index (κ2) is 6.60. The highest BCUT2D eigenvalue weighted by Crippen LogP contribution is 2.37. The van der Waals surface area contributed by atoms with Crippen LogP contribution < -0.4 is 5.01 Å². The van der Waals surface area contributed by atoms with Crippen molar-refractivity contribution in [1.29, 1.82) is 0 Å². The van der Waals surface area contributed by atoms with E-state index in [2.05, 4.69) is 24.3 Å². The van der Waals surface area contributed by atoms with Gasteiger partial charge in [-0.25, -0.2) is 8.42 Å². The zero-order chi connectivity index (χ0) is 19.1. The summed E-state index contributed by atoms with van der Waals surface area (Å²) in [5.74, 6) is 0.362. The van der Waals surface area contributed by atoms with Crippen molar-refractivity contribution < 1.29 is 8.42 Å². The van der Waals surface area contributed by atoms with Gasteiger partial charge in [0.2, 0.25) is 0 Å². The molecule has 5 heteroatoms. The minimum absolute atomic E-state index is 0.141. The molecule has 1 atom stereocenters. The van der Waals surface area contributed by atoms with Gasteiger partial charge in [0.25, 0.3) is 0 Å². The molecule has 5 rings (SSSR count). The Hall–Kier alpha value is -2.92. The molecule has 1 aliphatic carbocycles. The van der Waals surface area contributed by atoms with Gasteiger partial charge >= 0.3 is 0 Å². The van der Waals surface area contributed by atoms with E-state index in [0.717, 1.165) is 22.5 Å². The Bertz CT molecular complexity index is 1120. The quantitative estimate of drug-likeness (QED) is 0.496. The van der Waals surface area contributed by atoms with Crippen LogP contribution in [0.1, 0.15) is 17.5 Å². The highest BCUT2D eigenvalue weighted by atomic mass is 32.2. The Kier molecular flexibility index (Phi) is 4.05. The average molecular weight is 388 g/mol. The van der Waals surface area contributed by atoms with Crippen molar-refractivity contribution in [2.45, 2.75) is 12.5 Å². The van der Waals surface area contributed by atoms with Gasteiger partial charge in [-0.2, -0.15) is 5.10 Å². The van der Waals surface area contributed by atoms with Crippen molar-refractivity contribution in [1.82, 2.24) is 0 Å². The molecule has 0 amide bonds. The van der Waals surface area contributed by atoms with Gasteiger partial charge in [-0.05, 0) is 29.7 Å². The number of hydrogen-bond acceptors (Lipinski definition) is 4. The summed E-state index contributed by atoms with van der Waals surface area (Å²) >= 11 is 0. The average Bonchev–Trinajstić information content (AvgIpc) is 3.24. The summed E-state index contributed by atoms with van der Waals surface area (Å²) in [7, 11) is -3.01. The molecule has 0 saturated carbocycles. The summed E-state index contributed by atoms with van der Waals surface area (Å²) in [6.45, 7) is 0. The molecule has 1 saturated heterocycles. The SMILES string of the molecule is O=S1(=O)CCC(N(N=C2c3ccccc3-c3ccccc32)c2ccccc2)C1. The van der Waals surface area contributed by atoms with E-state index in [9.17, 15) is 8.42 Å². The first kappa shape index (κ1) is 17.2. The molecule has 28 heavy (non-hydrogen) atoms. The predicted octanol–water partition coefficient (Wildman–Crippen LogP) is 4.11. The number of anilines is 1. The summed E-state index contributed by atoms with van der Waals surface area (Å²) in [4.78, 5) is 0. The number of benzene rings is 3. The summed E-state index contributed by atoms with van der Waals surface area (Å²) in [5.41, 5.74) is 6.34. The Balaban J connectivity index is 1.67. The van der Waals surface area contributed by atoms with Crippen LogP contribution in [0.2, 0.25) is 0 Å². The minimum atomic E-state index is -3.01. The Morgan fingerprint density at radius 2 is 1.29 bits per heavy atom. The predicted molar refractivity (Wildman–Crippen MR) is 113 cm³/mol. The maximum atomic E-state index is 12.1. The summed E-state index contributed by atoms with van der Waals surface area (Å²) in [6.07, 6.45) is 0.595. The normalized spacial score (nSPS) is 19.1. The number of sulfone groups is 1. The smallest absolute Gasteiger partial charge is 0.152 e. The summed E-state index contributed by atoms with van der Waals surface area (Å²) in [5, 5.41) is 6.98. The Labute approximate surface area is 165 Å². The number of rotatable bonds is 3. The van der Waals surface area contributed by atoms with Gasteiger partial charge in [-0.1, -0.05) is 66.7 Å². The molecule has 0 bridgehead atoms. The molecule has 1 aliphatic heterocycles. The van der Waals surface area contributed by atoms with Crippen LogP contribution in [-0.4, -0.2) is 31.7 Å². The van der Waals surface area contributed by atoms with Gasteiger partial charge in [-0.15, -0.1) is 0 Å². The number of fused-ring (bicyclic) bond motifs is 3. The zero-order valence-corrected chi connectivity index (χ0v) is 16.1. The third kappa shape index (κ3) is 2.92. The van der Waals surface area contributed by atoms with E-state index >= 15 is 0 Å². The molecule has 1 unspecified atom stereocenters. The first-order chi connectivity index (χ1) is 13.6. The van der Waals surface area contributed by atoms with Gasteiger partial charge in [0.15, 0.2) is 9.84 Å². The molecule has 3 aromatic rings. The van der Waals surface area contributed by atoms with Gasteiger partial charge < -0.3 is 0 Å². The van der Waals surface area contributed by atoms with Crippen LogP contribution in [0.5, 0.6) is 0 Å². The summed E-state index contributed by atoms with van der Waals surface area (Å²) in [6, 6.07) is 26.2. The molecule has 4 nitrogen and oxygen atoms in total. The van der Waals surface area contributed by atoms with Crippen molar-refractivity contribution in [2.24, 2.45) is 5.10 Å². The first-order valence-electron chi connectivity index (χ1n) is 9.45. The third-order valence-corrected chi connectivity index (χ3v) is 7.19. The van der Waals surface area contributed by atoms with Gasteiger partial charge in [0.1, 0.15) is 0 Å². The van der Waals surface area contributed by atoms with E-state index in [0.29, 0.717) is 6.42 Å². The molecule has 1 heterocycles. The molecule has 3 aromatic carbocycles. The number of hydrazone groups is 1. The monoisotopic (exact) mass is 388 g/mol. The topological polar surface area (TPSA) is 49.7 Å². The Morgan fingerprint density at radius 1 is 0.750 bits per heavy atom. The van der Waals surface area contributed by atoms with E-state index < -0.39 is 9.84 Å². The highest BCUT2D eigenvalue weighted by Gasteiger charge is 2.34. The second-order valence-electron chi connectivity index (χ2n) is 7.28. The van der Waals surface area contributed by atoms with Crippen LogP contribution in [0, 0.1) is 0 Å². The lowest BCUT2D eigenvalue weighted by molar-refractivity contribution is 0.600. The molecular formula is C23H20N2O2S. The fraction of sp³-hybridized carbons (Fsp3) is 0.174. The fourth-order valence-corrected chi connectivity index (χ4v) is 5.80. The molecule has 1 fully saturated rings. The number of nitrogens with zero attached hydrogens (tertiary/aromatic N) is 2. The maximum Gasteiger partial charge on any atom is 0.152 e. The molecule has 0 radical (unpaired) electrons. The van der Waals surface area contributed by atoms with Gasteiger partial charge in [0, 0.05) is 11.1 Å². The first-order valence-corrected chi connectivity index (χ1v) is 11.3. The van der Waals surface area contributed by atoms with Crippen molar-refractivity contribution >= 4 is 21.2 Å². The standard InChI is InChI=1S/C23H20N2O2S/c26-28(27)15-14-18(16-28)25(17-8-2-1-3-9-17)24-23-21-12-6-4-10-19(21)20-11-5-7-13-22(20)23/h1-13,18H,14-16H2. The van der Waals surface area contributed by atoms with Crippen LogP contribution in [0.4, 0.5) is 5.69 Å². The minimum Gasteiger partial charge on any atom is -0.261 e. The molecule has 140 valence electrons. The van der Waals surface area contributed by atoms with E-state index in [4.69, 9.17) is 5.10 Å². The van der Waals surface area contributed by atoms with Crippen molar-refractivity contribution in [2.75, 3.05) is 16.5 Å². The van der Waals surface area contributed by atoms with Crippen molar-refractivity contribution in [3.8, 4) is 11.1 Å². The molecule has 0 aromatic heterocycles. The maximum absolute atomic E-state index is 12.1. The lowest BCUT2D eigenvalue weighted by atomic mass is 10.1. The third-order valence-electron chi connectivity index (χ3n) is 5.44. The van der Waals surface area contributed by atoms with Crippen LogP contribution in [-0.2, 0) is 9.84 Å². The zero-order valence-electron chi connectivity index (χ0n) is 15.3. The largest absolute Gasteiger partial charge is 0.261 e. The lowest BCUT2D eigenvalue weighted by Gasteiger charge is -2.26. The molecular weight excluding hydrogens is 368 g/mol. The molecule has 0 N–H and O–H groups in total. The van der Waals surface area contributed by atoms with Gasteiger partial charge in [0.05, 0.1) is 28.9 Å². The number of hydrogen-bond donors (Lipinski definition) is 0. The van der Waals surface area contributed by atoms with Crippen LogP contribution in [0.25, 0.3) is 11.1 Å². The van der Waals surface area contributed by atoms with E-state index in [1.165, 1.54) is 11.1 Å². The van der Waals surface area contributed by atoms with Crippen molar-refractivity contribution in [3.63, 3.8) is 0 Å². The van der Waals surface area contributed by atoms with Crippen LogP contribution in [0.3, 0.4) is 0 Å². The molecule has 0 spiro atoms.